The van der Waals surface area contributed by atoms with E-state index in [4.69, 9.17) is 11.5 Å². The molecular formula is C11H11N5OS. The second-order valence-electron chi connectivity index (χ2n) is 4.14. The Balaban J connectivity index is 2.04. The number of rotatable bonds is 2. The number of allylic oxidation sites excluding steroid dienone is 1. The summed E-state index contributed by atoms with van der Waals surface area (Å²) in [5.74, 6) is 0.605. The summed E-state index contributed by atoms with van der Waals surface area (Å²) in [6.07, 6.45) is 2.16. The van der Waals surface area contributed by atoms with Crippen molar-refractivity contribution in [1.29, 1.82) is 0 Å². The minimum atomic E-state index is -0.336. The highest BCUT2D eigenvalue weighted by atomic mass is 32.2. The number of primary amides is 1. The first kappa shape index (κ1) is 11.2. The van der Waals surface area contributed by atoms with Gasteiger partial charge in [-0.3, -0.25) is 9.79 Å². The standard InChI is InChI=1S/C11H11N5OS/c12-8(17)2-5-1-6-9-7(3-14-6)15-11(13)16-10(9)18-4-5/h1H,2-4H2,(H2,12,17)(H2,13,15,16). The van der Waals surface area contributed by atoms with Crippen LogP contribution < -0.4 is 11.5 Å². The van der Waals surface area contributed by atoms with Gasteiger partial charge in [-0.2, -0.15) is 0 Å². The maximum absolute atomic E-state index is 11.0. The summed E-state index contributed by atoms with van der Waals surface area (Å²) < 4.78 is 0. The van der Waals surface area contributed by atoms with Gasteiger partial charge in [0, 0.05) is 12.2 Å². The molecule has 2 aliphatic rings. The number of aliphatic imine (C=N–C) groups is 1. The van der Waals surface area contributed by atoms with Gasteiger partial charge in [-0.1, -0.05) is 0 Å². The molecule has 3 rings (SSSR count). The van der Waals surface area contributed by atoms with Gasteiger partial charge < -0.3 is 11.5 Å². The first-order valence-electron chi connectivity index (χ1n) is 5.45. The van der Waals surface area contributed by atoms with Crippen LogP contribution in [0.25, 0.3) is 0 Å². The minimum absolute atomic E-state index is 0.248. The molecule has 0 saturated carbocycles. The number of nitrogen functional groups attached to an aromatic ring is 1. The van der Waals surface area contributed by atoms with E-state index < -0.39 is 0 Å². The van der Waals surface area contributed by atoms with Crippen LogP contribution in [0.2, 0.25) is 0 Å². The molecule has 0 fully saturated rings. The summed E-state index contributed by atoms with van der Waals surface area (Å²) in [5.41, 5.74) is 14.5. The van der Waals surface area contributed by atoms with Gasteiger partial charge in [0.05, 0.1) is 23.5 Å². The van der Waals surface area contributed by atoms with Crippen molar-refractivity contribution in [1.82, 2.24) is 9.97 Å². The van der Waals surface area contributed by atoms with E-state index in [0.29, 0.717) is 12.3 Å². The number of thioether (sulfide) groups is 1. The Morgan fingerprint density at radius 1 is 1.44 bits per heavy atom. The summed E-state index contributed by atoms with van der Waals surface area (Å²) >= 11 is 1.54. The third-order valence-corrected chi connectivity index (χ3v) is 3.84. The average molecular weight is 261 g/mol. The van der Waals surface area contributed by atoms with Crippen molar-refractivity contribution in [2.24, 2.45) is 10.7 Å². The van der Waals surface area contributed by atoms with Gasteiger partial charge in [-0.05, 0) is 11.6 Å². The minimum Gasteiger partial charge on any atom is -0.369 e. The Morgan fingerprint density at radius 3 is 3.06 bits per heavy atom. The zero-order chi connectivity index (χ0) is 12.7. The molecule has 6 nitrogen and oxygen atoms in total. The second kappa shape index (κ2) is 4.09. The van der Waals surface area contributed by atoms with Gasteiger partial charge in [-0.25, -0.2) is 9.97 Å². The number of nitrogens with two attached hydrogens (primary N) is 2. The van der Waals surface area contributed by atoms with Crippen LogP contribution in [0.15, 0.2) is 21.7 Å². The molecule has 1 aromatic heterocycles. The van der Waals surface area contributed by atoms with Gasteiger partial charge >= 0.3 is 0 Å². The fraction of sp³-hybridized carbons (Fsp3) is 0.273. The molecule has 18 heavy (non-hydrogen) atoms. The smallest absolute Gasteiger partial charge is 0.221 e. The Kier molecular flexibility index (Phi) is 2.55. The lowest BCUT2D eigenvalue weighted by atomic mass is 10.1. The van der Waals surface area contributed by atoms with Crippen LogP contribution in [0.1, 0.15) is 17.7 Å². The SMILES string of the molecule is NC(=O)CC1=CC2=NCc3nc(N)nc(c32)SC1. The highest BCUT2D eigenvalue weighted by Crippen LogP contribution is 2.33. The van der Waals surface area contributed by atoms with Crippen LogP contribution in [0.5, 0.6) is 0 Å². The Bertz CT molecular complexity index is 608. The van der Waals surface area contributed by atoms with Gasteiger partial charge in [0.1, 0.15) is 5.03 Å². The highest BCUT2D eigenvalue weighted by molar-refractivity contribution is 7.99. The zero-order valence-electron chi connectivity index (χ0n) is 9.51. The first-order chi connectivity index (χ1) is 8.63. The Hall–Kier alpha value is -1.89. The maximum atomic E-state index is 11.0. The van der Waals surface area contributed by atoms with Gasteiger partial charge in [0.15, 0.2) is 0 Å². The molecule has 0 aromatic carbocycles. The van der Waals surface area contributed by atoms with Crippen LogP contribution in [0.3, 0.4) is 0 Å². The van der Waals surface area contributed by atoms with Crippen molar-refractivity contribution in [3.8, 4) is 0 Å². The topological polar surface area (TPSA) is 107 Å². The van der Waals surface area contributed by atoms with Crippen molar-refractivity contribution < 1.29 is 4.79 Å². The number of aromatic nitrogens is 2. The summed E-state index contributed by atoms with van der Waals surface area (Å²) in [5, 5.41) is 0.837. The van der Waals surface area contributed by atoms with Crippen LogP contribution >= 0.6 is 11.8 Å². The fourth-order valence-corrected chi connectivity index (χ4v) is 3.09. The van der Waals surface area contributed by atoms with E-state index in [1.807, 2.05) is 6.08 Å². The van der Waals surface area contributed by atoms with E-state index in [1.54, 1.807) is 11.8 Å². The van der Waals surface area contributed by atoms with Crippen molar-refractivity contribution in [3.05, 3.63) is 22.9 Å². The molecule has 92 valence electrons. The second-order valence-corrected chi connectivity index (χ2v) is 5.11. The van der Waals surface area contributed by atoms with E-state index in [2.05, 4.69) is 15.0 Å². The van der Waals surface area contributed by atoms with E-state index in [1.165, 1.54) is 0 Å². The average Bonchev–Trinajstić information content (AvgIpc) is 2.59. The molecule has 1 amide bonds. The molecule has 4 N–H and O–H groups in total. The van der Waals surface area contributed by atoms with Crippen molar-refractivity contribution in [2.75, 3.05) is 11.5 Å². The summed E-state index contributed by atoms with van der Waals surface area (Å²) in [7, 11) is 0. The highest BCUT2D eigenvalue weighted by Gasteiger charge is 2.25. The quantitative estimate of drug-likeness (QED) is 0.743. The van der Waals surface area contributed by atoms with E-state index in [0.717, 1.165) is 27.6 Å². The Morgan fingerprint density at radius 2 is 2.28 bits per heavy atom. The third kappa shape index (κ3) is 1.86. The largest absolute Gasteiger partial charge is 0.369 e. The predicted molar refractivity (Wildman–Crippen MR) is 69.3 cm³/mol. The van der Waals surface area contributed by atoms with E-state index >= 15 is 0 Å². The Labute approximate surface area is 108 Å². The fourth-order valence-electron chi connectivity index (χ4n) is 2.06. The molecule has 0 atom stereocenters. The van der Waals surface area contributed by atoms with Gasteiger partial charge in [0.2, 0.25) is 11.9 Å². The molecule has 0 saturated heterocycles. The van der Waals surface area contributed by atoms with E-state index in [9.17, 15) is 4.79 Å². The molecule has 0 radical (unpaired) electrons. The van der Waals surface area contributed by atoms with Crippen molar-refractivity contribution in [3.63, 3.8) is 0 Å². The maximum Gasteiger partial charge on any atom is 0.221 e. The monoisotopic (exact) mass is 261 g/mol. The molecule has 0 spiro atoms. The van der Waals surface area contributed by atoms with Gasteiger partial charge in [0.25, 0.3) is 0 Å². The normalized spacial score (nSPS) is 16.7. The number of anilines is 1. The third-order valence-electron chi connectivity index (χ3n) is 2.76. The lowest BCUT2D eigenvalue weighted by molar-refractivity contribution is -0.117. The van der Waals surface area contributed by atoms with Crippen LogP contribution in [-0.2, 0) is 11.3 Å². The molecule has 0 aliphatic carbocycles. The molecule has 0 bridgehead atoms. The van der Waals surface area contributed by atoms with Gasteiger partial charge in [-0.15, -0.1) is 11.8 Å². The molecule has 1 aromatic rings. The number of hydrogen-bond donors (Lipinski definition) is 2. The zero-order valence-corrected chi connectivity index (χ0v) is 10.3. The predicted octanol–water partition coefficient (Wildman–Crippen LogP) is 0.269. The van der Waals surface area contributed by atoms with E-state index in [-0.39, 0.29) is 18.3 Å². The number of nitrogens with zero attached hydrogens (tertiary/aromatic N) is 3. The van der Waals surface area contributed by atoms with Crippen LogP contribution in [0.4, 0.5) is 5.95 Å². The number of carbonyl (C=O) groups excluding carboxylic acids is 1. The van der Waals surface area contributed by atoms with Crippen LogP contribution in [0, 0.1) is 0 Å². The summed E-state index contributed by atoms with van der Waals surface area (Å²) in [4.78, 5) is 23.8. The lowest BCUT2D eigenvalue weighted by Crippen LogP contribution is -2.12. The number of amides is 1. The van der Waals surface area contributed by atoms with Crippen molar-refractivity contribution >= 4 is 29.3 Å². The summed E-state index contributed by atoms with van der Waals surface area (Å²) in [6.45, 7) is 0.519. The molecular weight excluding hydrogens is 250 g/mol. The molecule has 2 aliphatic heterocycles. The lowest BCUT2D eigenvalue weighted by Gasteiger charge is -2.05. The molecule has 7 heteroatoms. The van der Waals surface area contributed by atoms with Crippen molar-refractivity contribution in [2.45, 2.75) is 18.0 Å². The summed E-state index contributed by atoms with van der Waals surface area (Å²) in [6, 6.07) is 0. The molecule has 0 unspecified atom stereocenters. The van der Waals surface area contributed by atoms with Crippen LogP contribution in [-0.4, -0.2) is 27.3 Å². The number of hydrogen-bond acceptors (Lipinski definition) is 6. The molecule has 3 heterocycles. The first-order valence-corrected chi connectivity index (χ1v) is 6.44. The number of carbonyl (C=O) groups is 1.